The van der Waals surface area contributed by atoms with Crippen molar-refractivity contribution in [1.82, 2.24) is 0 Å². The first kappa shape index (κ1) is 20.2. The van der Waals surface area contributed by atoms with Crippen LogP contribution in [0.15, 0.2) is 0 Å². The van der Waals surface area contributed by atoms with Crippen molar-refractivity contribution in [2.75, 3.05) is 6.26 Å². The Labute approximate surface area is 130 Å². The summed E-state index contributed by atoms with van der Waals surface area (Å²) in [7, 11) is 0.174. The highest BCUT2D eigenvalue weighted by atomic mass is 33.1. The van der Waals surface area contributed by atoms with E-state index in [4.69, 9.17) is 9.05 Å². The first-order chi connectivity index (χ1) is 8.50. The van der Waals surface area contributed by atoms with Crippen LogP contribution in [-0.4, -0.2) is 27.5 Å². The molecule has 0 saturated heterocycles. The summed E-state index contributed by atoms with van der Waals surface area (Å²) in [6, 6.07) is 0. The van der Waals surface area contributed by atoms with Gasteiger partial charge in [-0.05, 0) is 34.0 Å². The fraction of sp³-hybridized carbons (Fsp3) is 1.00. The van der Waals surface area contributed by atoms with E-state index < -0.39 is 7.60 Å². The van der Waals surface area contributed by atoms with Gasteiger partial charge in [-0.25, -0.2) is 0 Å². The molecule has 7 heteroatoms. The summed E-state index contributed by atoms with van der Waals surface area (Å²) in [5, 5.41) is 0. The van der Waals surface area contributed by atoms with Gasteiger partial charge in [0.15, 0.2) is 4.32 Å². The van der Waals surface area contributed by atoms with Crippen molar-refractivity contribution < 1.29 is 13.6 Å². The van der Waals surface area contributed by atoms with Gasteiger partial charge in [-0.3, -0.25) is 4.57 Å². The van der Waals surface area contributed by atoms with Crippen molar-refractivity contribution >= 4 is 40.9 Å². The van der Waals surface area contributed by atoms with Crippen molar-refractivity contribution in [3.8, 4) is 0 Å². The van der Waals surface area contributed by atoms with E-state index in [0.717, 1.165) is 0 Å². The van der Waals surface area contributed by atoms with E-state index in [2.05, 4.69) is 20.8 Å². The van der Waals surface area contributed by atoms with Gasteiger partial charge in [0.1, 0.15) is 0 Å². The van der Waals surface area contributed by atoms with Gasteiger partial charge in [0.25, 0.3) is 0 Å². The van der Waals surface area contributed by atoms with Gasteiger partial charge in [0.2, 0.25) is 0 Å². The van der Waals surface area contributed by atoms with E-state index in [9.17, 15) is 4.57 Å². The highest BCUT2D eigenvalue weighted by molar-refractivity contribution is 8.79. The lowest BCUT2D eigenvalue weighted by Crippen LogP contribution is -2.14. The van der Waals surface area contributed by atoms with Crippen LogP contribution in [0, 0.1) is 0 Å². The molecule has 0 spiro atoms. The minimum Gasteiger partial charge on any atom is -0.304 e. The number of rotatable bonds is 8. The van der Waals surface area contributed by atoms with Crippen LogP contribution in [0.1, 0.15) is 48.5 Å². The van der Waals surface area contributed by atoms with Gasteiger partial charge >= 0.3 is 7.60 Å². The lowest BCUT2D eigenvalue weighted by molar-refractivity contribution is 0.144. The third kappa shape index (κ3) is 8.94. The molecule has 0 aliphatic carbocycles. The molecule has 0 aliphatic rings. The molecule has 0 amide bonds. The van der Waals surface area contributed by atoms with E-state index in [-0.39, 0.29) is 21.3 Å². The molecule has 1 atom stereocenters. The van der Waals surface area contributed by atoms with Crippen LogP contribution in [-0.2, 0) is 13.6 Å². The average Bonchev–Trinajstić information content (AvgIpc) is 2.12. The third-order valence-electron chi connectivity index (χ3n) is 1.56. The van der Waals surface area contributed by atoms with Crippen molar-refractivity contribution in [2.24, 2.45) is 0 Å². The smallest absolute Gasteiger partial charge is 0.304 e. The fourth-order valence-corrected chi connectivity index (χ4v) is 8.79. The highest BCUT2D eigenvalue weighted by Gasteiger charge is 2.39. The van der Waals surface area contributed by atoms with Gasteiger partial charge in [0.05, 0.1) is 12.2 Å². The first-order valence-corrected chi connectivity index (χ1v) is 11.4. The molecule has 0 bridgehead atoms. The molecule has 19 heavy (non-hydrogen) atoms. The number of hydrogen-bond acceptors (Lipinski definition) is 6. The Balaban J connectivity index is 4.92. The zero-order valence-corrected chi connectivity index (χ0v) is 16.5. The van der Waals surface area contributed by atoms with Crippen molar-refractivity contribution in [3.63, 3.8) is 0 Å². The van der Waals surface area contributed by atoms with Crippen molar-refractivity contribution in [1.29, 1.82) is 0 Å². The van der Waals surface area contributed by atoms with Crippen LogP contribution < -0.4 is 0 Å². The lowest BCUT2D eigenvalue weighted by Gasteiger charge is -2.29. The molecule has 0 aromatic heterocycles. The SMILES string of the molecule is CSC(SSC(C)(C)C)P(=O)(OC(C)C)OC(C)C. The second-order valence-electron chi connectivity index (χ2n) is 5.68. The van der Waals surface area contributed by atoms with Crippen molar-refractivity contribution in [2.45, 2.75) is 69.7 Å². The molecule has 0 N–H and O–H groups in total. The summed E-state index contributed by atoms with van der Waals surface area (Å²) in [5.41, 5.74) is 0. The average molecular weight is 347 g/mol. The van der Waals surface area contributed by atoms with Crippen LogP contribution in [0.3, 0.4) is 0 Å². The molecular weight excluding hydrogens is 319 g/mol. The molecule has 0 aromatic carbocycles. The Morgan fingerprint density at radius 2 is 1.42 bits per heavy atom. The summed E-state index contributed by atoms with van der Waals surface area (Å²) in [4.78, 5) is 0. The minimum absolute atomic E-state index is 0.110. The molecule has 0 radical (unpaired) electrons. The predicted molar refractivity (Wildman–Crippen MR) is 92.3 cm³/mol. The normalized spacial score (nSPS) is 15.3. The maximum absolute atomic E-state index is 13.0. The number of thioether (sulfide) groups is 1. The van der Waals surface area contributed by atoms with Crippen LogP contribution >= 0.6 is 40.9 Å². The van der Waals surface area contributed by atoms with E-state index in [1.54, 1.807) is 21.6 Å². The Kier molecular flexibility index (Phi) is 9.14. The molecule has 0 fully saturated rings. The lowest BCUT2D eigenvalue weighted by atomic mass is 10.3. The van der Waals surface area contributed by atoms with Crippen LogP contribution in [0.5, 0.6) is 0 Å². The standard InChI is InChI=1S/C12H27O3PS3/c1-9(2)14-16(13,15-10(3)4)11(17-8)18-19-12(5,6)7/h9-11H,1-8H3. The zero-order valence-electron chi connectivity index (χ0n) is 13.1. The number of hydrogen-bond donors (Lipinski definition) is 0. The minimum atomic E-state index is -3.12. The molecule has 0 aliphatic heterocycles. The fourth-order valence-electron chi connectivity index (χ4n) is 1.12. The molecule has 0 rings (SSSR count). The Morgan fingerprint density at radius 3 is 1.68 bits per heavy atom. The molecular formula is C12H27O3PS3. The quantitative estimate of drug-likeness (QED) is 0.311. The molecule has 1 unspecified atom stereocenters. The van der Waals surface area contributed by atoms with Crippen LogP contribution in [0.25, 0.3) is 0 Å². The zero-order chi connectivity index (χ0) is 15.3. The predicted octanol–water partition coefficient (Wildman–Crippen LogP) is 5.86. The van der Waals surface area contributed by atoms with Gasteiger partial charge in [0, 0.05) is 4.75 Å². The largest absolute Gasteiger partial charge is 0.354 e. The molecule has 0 heterocycles. The monoisotopic (exact) mass is 346 g/mol. The summed E-state index contributed by atoms with van der Waals surface area (Å²) in [6.07, 6.45) is 1.72. The highest BCUT2D eigenvalue weighted by Crippen LogP contribution is 2.65. The Morgan fingerprint density at radius 1 is 1.00 bits per heavy atom. The third-order valence-corrected chi connectivity index (χ3v) is 11.2. The molecule has 0 saturated carbocycles. The topological polar surface area (TPSA) is 35.5 Å². The summed E-state index contributed by atoms with van der Waals surface area (Å²) < 4.78 is 24.2. The summed E-state index contributed by atoms with van der Waals surface area (Å²) in [5.74, 6) is 0. The molecule has 116 valence electrons. The van der Waals surface area contributed by atoms with E-state index >= 15 is 0 Å². The van der Waals surface area contributed by atoms with Crippen LogP contribution in [0.4, 0.5) is 0 Å². The second-order valence-corrected chi connectivity index (χ2v) is 12.8. The first-order valence-electron chi connectivity index (χ1n) is 6.34. The summed E-state index contributed by atoms with van der Waals surface area (Å²) in [6.45, 7) is 14.0. The molecule has 0 aromatic rings. The Bertz CT molecular complexity index is 289. The van der Waals surface area contributed by atoms with E-state index in [1.165, 1.54) is 11.8 Å². The maximum atomic E-state index is 13.0. The summed E-state index contributed by atoms with van der Waals surface area (Å²) >= 11 is 1.53. The maximum Gasteiger partial charge on any atom is 0.354 e. The van der Waals surface area contributed by atoms with E-state index in [1.807, 2.05) is 34.0 Å². The Hall–Kier alpha value is 1.20. The van der Waals surface area contributed by atoms with Gasteiger partial charge in [-0.1, -0.05) is 42.4 Å². The molecule has 3 nitrogen and oxygen atoms in total. The van der Waals surface area contributed by atoms with Gasteiger partial charge < -0.3 is 9.05 Å². The van der Waals surface area contributed by atoms with Crippen molar-refractivity contribution in [3.05, 3.63) is 0 Å². The second kappa shape index (κ2) is 8.60. The van der Waals surface area contributed by atoms with Gasteiger partial charge in [-0.15, -0.1) is 11.8 Å². The van der Waals surface area contributed by atoms with Gasteiger partial charge in [-0.2, -0.15) is 0 Å². The van der Waals surface area contributed by atoms with E-state index in [0.29, 0.717) is 0 Å². The van der Waals surface area contributed by atoms with Crippen LogP contribution in [0.2, 0.25) is 0 Å².